The second kappa shape index (κ2) is 11.9. The Labute approximate surface area is 124 Å². The van der Waals surface area contributed by atoms with E-state index < -0.39 is 0 Å². The molecule has 6 N–H and O–H groups in total. The van der Waals surface area contributed by atoms with Gasteiger partial charge in [-0.3, -0.25) is 25.7 Å². The molecule has 7 nitrogen and oxygen atoms in total. The number of unbranched alkanes of at least 4 members (excludes halogenated alkanes) is 1. The highest BCUT2D eigenvalue weighted by Crippen LogP contribution is 1.90. The Kier molecular flexibility index (Phi) is 12.0. The van der Waals surface area contributed by atoms with E-state index in [0.29, 0.717) is 0 Å². The van der Waals surface area contributed by atoms with E-state index in [1.807, 2.05) is 0 Å². The Morgan fingerprint density at radius 2 is 1.60 bits per heavy atom. The minimum atomic E-state index is -0.209. The molecule has 0 saturated carbocycles. The van der Waals surface area contributed by atoms with Gasteiger partial charge < -0.3 is 11.1 Å². The average Bonchev–Trinajstić information content (AvgIpc) is 2.33. The molecule has 0 atom stereocenters. The number of carbonyl (C=O) groups is 2. The zero-order chi connectivity index (χ0) is 14.7. The molecule has 0 aromatic carbocycles. The largest absolute Gasteiger partial charge is 0.370 e. The number of carbonyl (C=O) groups excluding carboxylic acids is 2. The van der Waals surface area contributed by atoms with Crippen LogP contribution in [0.2, 0.25) is 0 Å². The predicted molar refractivity (Wildman–Crippen MR) is 81.2 cm³/mol. The van der Waals surface area contributed by atoms with E-state index in [1.165, 1.54) is 24.3 Å². The van der Waals surface area contributed by atoms with Gasteiger partial charge >= 0.3 is 0 Å². The number of allylic oxidation sites excluding steroid dienone is 4. The number of guanidine groups is 2. The van der Waals surface area contributed by atoms with E-state index in [1.54, 1.807) is 0 Å². The lowest BCUT2D eigenvalue weighted by atomic mass is 10.2. The van der Waals surface area contributed by atoms with Gasteiger partial charge in [0.1, 0.15) is 0 Å². The van der Waals surface area contributed by atoms with Gasteiger partial charge in [-0.25, -0.2) is 0 Å². The zero-order valence-electron chi connectivity index (χ0n) is 11.2. The van der Waals surface area contributed by atoms with E-state index in [-0.39, 0.29) is 35.9 Å². The van der Waals surface area contributed by atoms with Crippen LogP contribution < -0.4 is 16.4 Å². The normalized spacial score (nSPS) is 11.8. The summed E-state index contributed by atoms with van der Waals surface area (Å²) in [5, 5.41) is 19.0. The Bertz CT molecular complexity index is 380. The van der Waals surface area contributed by atoms with E-state index in [0.717, 1.165) is 19.4 Å². The van der Waals surface area contributed by atoms with Crippen molar-refractivity contribution in [3.63, 3.8) is 0 Å². The van der Waals surface area contributed by atoms with Crippen LogP contribution in [0.5, 0.6) is 0 Å². The van der Waals surface area contributed by atoms with Gasteiger partial charge in [-0.05, 0) is 30.7 Å². The first-order valence-electron chi connectivity index (χ1n) is 5.83. The smallest absolute Gasteiger partial charge is 0.195 e. The fraction of sp³-hybridized carbons (Fsp3) is 0.333. The van der Waals surface area contributed by atoms with Crippen molar-refractivity contribution >= 4 is 35.9 Å². The number of halogens is 1. The van der Waals surface area contributed by atoms with Crippen molar-refractivity contribution in [3.05, 3.63) is 24.3 Å². The first-order valence-corrected chi connectivity index (χ1v) is 5.83. The van der Waals surface area contributed by atoms with Gasteiger partial charge in [0.2, 0.25) is 0 Å². The predicted octanol–water partition coefficient (Wildman–Crippen LogP) is 0.466. The van der Waals surface area contributed by atoms with Crippen LogP contribution in [0.4, 0.5) is 0 Å². The summed E-state index contributed by atoms with van der Waals surface area (Å²) >= 11 is 0. The highest BCUT2D eigenvalue weighted by atomic mass is 35.5. The summed E-state index contributed by atoms with van der Waals surface area (Å²) in [4.78, 5) is 20.6. The number of hydrogen-bond donors (Lipinski definition) is 5. The van der Waals surface area contributed by atoms with Crippen LogP contribution in [0.25, 0.3) is 0 Å². The Balaban J connectivity index is 0. The molecule has 0 aromatic heterocycles. The first kappa shape index (κ1) is 20.2. The monoisotopic (exact) mass is 301 g/mol. The van der Waals surface area contributed by atoms with E-state index >= 15 is 0 Å². The summed E-state index contributed by atoms with van der Waals surface area (Å²) < 4.78 is 0. The maximum Gasteiger partial charge on any atom is 0.195 e. The molecule has 1 aliphatic carbocycles. The van der Waals surface area contributed by atoms with Crippen LogP contribution in [-0.2, 0) is 9.59 Å². The minimum Gasteiger partial charge on any atom is -0.370 e. The number of rotatable bonds is 3. The maximum atomic E-state index is 10.3. The molecule has 0 radical (unpaired) electrons. The van der Waals surface area contributed by atoms with E-state index in [2.05, 4.69) is 17.6 Å². The summed E-state index contributed by atoms with van der Waals surface area (Å²) in [6, 6.07) is 0. The molecular formula is C12H20ClN5O2. The maximum absolute atomic E-state index is 10.3. The SMILES string of the molecule is CCCCNC(=N)NC(=N)N.Cl.O=C1C=CC(=O)C=C1. The summed E-state index contributed by atoms with van der Waals surface area (Å²) in [5.74, 6) is -0.362. The standard InChI is InChI=1S/C6H15N5.C6H4O2.ClH/c1-2-3-4-10-6(9)11-5(7)8;7-5-1-2-6(8)4-3-5;/h2-4H2,1H3,(H6,7,8,9,10,11);1-4H;1H. The van der Waals surface area contributed by atoms with Gasteiger partial charge in [0, 0.05) is 6.54 Å². The molecule has 0 unspecified atom stereocenters. The molecule has 0 aliphatic heterocycles. The molecule has 112 valence electrons. The average molecular weight is 302 g/mol. The molecule has 1 rings (SSSR count). The molecule has 1 aliphatic rings. The highest BCUT2D eigenvalue weighted by molar-refractivity contribution is 6.14. The lowest BCUT2D eigenvalue weighted by Crippen LogP contribution is -2.43. The molecule has 0 fully saturated rings. The molecule has 0 bridgehead atoms. The summed E-state index contributed by atoms with van der Waals surface area (Å²) in [6.07, 6.45) is 7.11. The van der Waals surface area contributed by atoms with Gasteiger partial charge in [0.05, 0.1) is 0 Å². The Hall–Kier alpha value is -2.15. The van der Waals surface area contributed by atoms with Gasteiger partial charge in [-0.2, -0.15) is 0 Å². The van der Waals surface area contributed by atoms with E-state index in [4.69, 9.17) is 16.6 Å². The van der Waals surface area contributed by atoms with Crippen molar-refractivity contribution in [2.75, 3.05) is 6.54 Å². The highest BCUT2D eigenvalue weighted by Gasteiger charge is 1.98. The number of hydrogen-bond acceptors (Lipinski definition) is 4. The van der Waals surface area contributed by atoms with Crippen LogP contribution in [0.1, 0.15) is 19.8 Å². The Morgan fingerprint density at radius 3 is 1.95 bits per heavy atom. The van der Waals surface area contributed by atoms with Gasteiger partial charge in [0.15, 0.2) is 23.5 Å². The number of nitrogens with two attached hydrogens (primary N) is 1. The topological polar surface area (TPSA) is 132 Å². The fourth-order valence-electron chi connectivity index (χ4n) is 1.01. The fourth-order valence-corrected chi connectivity index (χ4v) is 1.01. The van der Waals surface area contributed by atoms with Crippen molar-refractivity contribution in [1.29, 1.82) is 10.8 Å². The third-order valence-corrected chi connectivity index (χ3v) is 1.92. The van der Waals surface area contributed by atoms with E-state index in [9.17, 15) is 9.59 Å². The van der Waals surface area contributed by atoms with Crippen molar-refractivity contribution in [3.8, 4) is 0 Å². The van der Waals surface area contributed by atoms with Crippen LogP contribution in [0.15, 0.2) is 24.3 Å². The molecule has 0 amide bonds. The number of ketones is 2. The first-order chi connectivity index (χ1) is 8.95. The van der Waals surface area contributed by atoms with Crippen molar-refractivity contribution in [2.24, 2.45) is 5.73 Å². The molecule has 8 heteroatoms. The molecule has 0 saturated heterocycles. The number of nitrogens with one attached hydrogen (secondary N) is 4. The lowest BCUT2D eigenvalue weighted by Gasteiger charge is -2.06. The summed E-state index contributed by atoms with van der Waals surface area (Å²) in [5.41, 5.74) is 4.99. The molecule has 0 spiro atoms. The Morgan fingerprint density at radius 1 is 1.15 bits per heavy atom. The second-order valence-electron chi connectivity index (χ2n) is 3.67. The van der Waals surface area contributed by atoms with Crippen molar-refractivity contribution < 1.29 is 9.59 Å². The molecular weight excluding hydrogens is 282 g/mol. The zero-order valence-corrected chi connectivity index (χ0v) is 12.0. The van der Waals surface area contributed by atoms with Crippen LogP contribution >= 0.6 is 12.4 Å². The van der Waals surface area contributed by atoms with Crippen molar-refractivity contribution in [2.45, 2.75) is 19.8 Å². The van der Waals surface area contributed by atoms with Gasteiger partial charge in [-0.15, -0.1) is 12.4 Å². The van der Waals surface area contributed by atoms with Crippen LogP contribution in [0, 0.1) is 10.8 Å². The molecule has 0 aromatic rings. The third kappa shape index (κ3) is 12.3. The van der Waals surface area contributed by atoms with Gasteiger partial charge in [-0.1, -0.05) is 13.3 Å². The van der Waals surface area contributed by atoms with Gasteiger partial charge in [0.25, 0.3) is 0 Å². The van der Waals surface area contributed by atoms with Crippen molar-refractivity contribution in [1.82, 2.24) is 10.6 Å². The second-order valence-corrected chi connectivity index (χ2v) is 3.67. The summed E-state index contributed by atoms with van der Waals surface area (Å²) in [7, 11) is 0. The quantitative estimate of drug-likeness (QED) is 0.224. The molecule has 0 heterocycles. The molecule has 20 heavy (non-hydrogen) atoms. The third-order valence-electron chi connectivity index (χ3n) is 1.92. The minimum absolute atomic E-state index is 0. The van der Waals surface area contributed by atoms with Crippen LogP contribution in [-0.4, -0.2) is 30.0 Å². The summed E-state index contributed by atoms with van der Waals surface area (Å²) in [6.45, 7) is 2.82. The van der Waals surface area contributed by atoms with Crippen LogP contribution in [0.3, 0.4) is 0 Å². The lowest BCUT2D eigenvalue weighted by molar-refractivity contribution is -0.113.